The maximum atomic E-state index is 12.7. The van der Waals surface area contributed by atoms with Crippen LogP contribution in [0.25, 0.3) is 0 Å². The zero-order valence-corrected chi connectivity index (χ0v) is 15.6. The third-order valence-corrected chi connectivity index (χ3v) is 4.88. The van der Waals surface area contributed by atoms with Crippen LogP contribution in [0.5, 0.6) is 0 Å². The fraction of sp³-hybridized carbons (Fsp3) is 0.300. The average Bonchev–Trinajstić information content (AvgIpc) is 2.66. The summed E-state index contributed by atoms with van der Waals surface area (Å²) in [5.74, 6) is -0.410. The monoisotopic (exact) mass is 356 g/mol. The lowest BCUT2D eigenvalue weighted by Crippen LogP contribution is -2.47. The first-order chi connectivity index (χ1) is 12.0. The van der Waals surface area contributed by atoms with Crippen LogP contribution >= 0.6 is 11.8 Å². The summed E-state index contributed by atoms with van der Waals surface area (Å²) in [7, 11) is 0. The highest BCUT2D eigenvalue weighted by atomic mass is 32.2. The fourth-order valence-electron chi connectivity index (χ4n) is 2.44. The number of nitrogens with one attached hydrogen (secondary N) is 2. The molecule has 132 valence electrons. The van der Waals surface area contributed by atoms with Gasteiger partial charge in [-0.1, -0.05) is 44.5 Å². The zero-order chi connectivity index (χ0) is 18.2. The Balaban J connectivity index is 2.13. The van der Waals surface area contributed by atoms with Gasteiger partial charge < -0.3 is 10.6 Å². The molecule has 0 radical (unpaired) electrons. The summed E-state index contributed by atoms with van der Waals surface area (Å²) in [6, 6.07) is 16.0. The minimum atomic E-state index is -0.587. The van der Waals surface area contributed by atoms with Crippen LogP contribution in [0.1, 0.15) is 30.6 Å². The number of benzene rings is 2. The summed E-state index contributed by atoms with van der Waals surface area (Å²) in [5, 5.41) is 5.80. The van der Waals surface area contributed by atoms with Crippen LogP contribution in [0.15, 0.2) is 59.5 Å². The van der Waals surface area contributed by atoms with E-state index in [1.165, 1.54) is 0 Å². The minimum Gasteiger partial charge on any atom is -0.340 e. The van der Waals surface area contributed by atoms with E-state index in [1.54, 1.807) is 36.0 Å². The number of carbonyl (C=O) groups excluding carboxylic acids is 2. The van der Waals surface area contributed by atoms with Gasteiger partial charge in [-0.2, -0.15) is 0 Å². The second-order valence-electron chi connectivity index (χ2n) is 5.92. The number of hydrogen-bond donors (Lipinski definition) is 2. The standard InChI is InChI=1S/C20H24N2O2S/c1-4-14(2)18(22-19(23)15-9-6-5-7-10-15)20(24)21-16-11-8-12-17(13-16)25-3/h5-14,18H,4H2,1-3H3,(H,21,24)(H,22,23)/t14-,18-/m0/s1. The van der Waals surface area contributed by atoms with Crippen molar-refractivity contribution in [1.82, 2.24) is 5.32 Å². The number of hydrogen-bond acceptors (Lipinski definition) is 3. The van der Waals surface area contributed by atoms with E-state index in [0.717, 1.165) is 17.0 Å². The molecule has 2 rings (SSSR count). The Morgan fingerprint density at radius 1 is 1.08 bits per heavy atom. The van der Waals surface area contributed by atoms with Crippen LogP contribution in [0.4, 0.5) is 5.69 Å². The SMILES string of the molecule is CC[C@H](C)[C@H](NC(=O)c1ccccc1)C(=O)Nc1cccc(SC)c1. The molecule has 2 aromatic carbocycles. The molecular formula is C20H24N2O2S. The Kier molecular flexibility index (Phi) is 7.07. The topological polar surface area (TPSA) is 58.2 Å². The van der Waals surface area contributed by atoms with Gasteiger partial charge in [0.15, 0.2) is 0 Å². The van der Waals surface area contributed by atoms with Crippen molar-refractivity contribution in [2.24, 2.45) is 5.92 Å². The van der Waals surface area contributed by atoms with Crippen molar-refractivity contribution in [2.75, 3.05) is 11.6 Å². The molecule has 4 nitrogen and oxygen atoms in total. The molecule has 0 bridgehead atoms. The summed E-state index contributed by atoms with van der Waals surface area (Å²) in [6.07, 6.45) is 2.78. The van der Waals surface area contributed by atoms with Crippen LogP contribution in [-0.4, -0.2) is 24.1 Å². The summed E-state index contributed by atoms with van der Waals surface area (Å²) < 4.78 is 0. The van der Waals surface area contributed by atoms with Gasteiger partial charge in [-0.15, -0.1) is 11.8 Å². The van der Waals surface area contributed by atoms with Gasteiger partial charge in [0.2, 0.25) is 5.91 Å². The van der Waals surface area contributed by atoms with E-state index in [2.05, 4.69) is 10.6 Å². The first-order valence-corrected chi connectivity index (χ1v) is 9.58. The lowest BCUT2D eigenvalue weighted by atomic mass is 9.97. The van der Waals surface area contributed by atoms with Crippen LogP contribution < -0.4 is 10.6 Å². The zero-order valence-electron chi connectivity index (χ0n) is 14.8. The fourth-order valence-corrected chi connectivity index (χ4v) is 2.90. The molecule has 0 fully saturated rings. The van der Waals surface area contributed by atoms with Crippen molar-refractivity contribution in [3.8, 4) is 0 Å². The lowest BCUT2D eigenvalue weighted by molar-refractivity contribution is -0.119. The number of anilines is 1. The van der Waals surface area contributed by atoms with E-state index in [0.29, 0.717) is 5.56 Å². The Labute approximate surface area is 153 Å². The van der Waals surface area contributed by atoms with Gasteiger partial charge in [-0.05, 0) is 42.5 Å². The van der Waals surface area contributed by atoms with Gasteiger partial charge in [0.05, 0.1) is 0 Å². The predicted molar refractivity (Wildman–Crippen MR) is 104 cm³/mol. The summed E-state index contributed by atoms with van der Waals surface area (Å²) in [5.41, 5.74) is 1.28. The molecule has 0 unspecified atom stereocenters. The van der Waals surface area contributed by atoms with Crippen molar-refractivity contribution in [3.63, 3.8) is 0 Å². The Morgan fingerprint density at radius 2 is 1.80 bits per heavy atom. The van der Waals surface area contributed by atoms with Gasteiger partial charge >= 0.3 is 0 Å². The first-order valence-electron chi connectivity index (χ1n) is 8.36. The second kappa shape index (κ2) is 9.28. The van der Waals surface area contributed by atoms with Gasteiger partial charge in [0.1, 0.15) is 6.04 Å². The Morgan fingerprint density at radius 3 is 2.44 bits per heavy atom. The van der Waals surface area contributed by atoms with Crippen LogP contribution in [0.3, 0.4) is 0 Å². The molecular weight excluding hydrogens is 332 g/mol. The van der Waals surface area contributed by atoms with Gasteiger partial charge in [0.25, 0.3) is 5.91 Å². The van der Waals surface area contributed by atoms with E-state index in [1.807, 2.05) is 50.4 Å². The summed E-state index contributed by atoms with van der Waals surface area (Å²) in [4.78, 5) is 26.3. The summed E-state index contributed by atoms with van der Waals surface area (Å²) >= 11 is 1.62. The lowest BCUT2D eigenvalue weighted by Gasteiger charge is -2.23. The molecule has 0 aromatic heterocycles. The Hall–Kier alpha value is -2.27. The molecule has 2 N–H and O–H groups in total. The molecule has 2 amide bonds. The number of thioether (sulfide) groups is 1. The first kappa shape index (κ1) is 19.1. The van der Waals surface area contributed by atoms with Crippen molar-refractivity contribution >= 4 is 29.3 Å². The minimum absolute atomic E-state index is 0.0244. The maximum absolute atomic E-state index is 12.7. The number of rotatable bonds is 7. The molecule has 0 heterocycles. The molecule has 0 aliphatic heterocycles. The van der Waals surface area contributed by atoms with E-state index in [4.69, 9.17) is 0 Å². The number of carbonyl (C=O) groups is 2. The van der Waals surface area contributed by atoms with Crippen molar-refractivity contribution in [3.05, 3.63) is 60.2 Å². The van der Waals surface area contributed by atoms with Crippen molar-refractivity contribution < 1.29 is 9.59 Å². The molecule has 2 aromatic rings. The maximum Gasteiger partial charge on any atom is 0.251 e. The van der Waals surface area contributed by atoms with Crippen LogP contribution in [0, 0.1) is 5.92 Å². The van der Waals surface area contributed by atoms with Crippen LogP contribution in [-0.2, 0) is 4.79 Å². The van der Waals surface area contributed by atoms with Crippen molar-refractivity contribution in [2.45, 2.75) is 31.2 Å². The van der Waals surface area contributed by atoms with Crippen LogP contribution in [0.2, 0.25) is 0 Å². The van der Waals surface area contributed by atoms with Gasteiger partial charge in [-0.25, -0.2) is 0 Å². The van der Waals surface area contributed by atoms with E-state index in [9.17, 15) is 9.59 Å². The smallest absolute Gasteiger partial charge is 0.251 e. The molecule has 5 heteroatoms. The van der Waals surface area contributed by atoms with E-state index < -0.39 is 6.04 Å². The molecule has 0 saturated carbocycles. The average molecular weight is 356 g/mol. The summed E-state index contributed by atoms with van der Waals surface area (Å²) in [6.45, 7) is 3.97. The Bertz CT molecular complexity index is 719. The molecule has 25 heavy (non-hydrogen) atoms. The highest BCUT2D eigenvalue weighted by molar-refractivity contribution is 7.98. The molecule has 0 spiro atoms. The predicted octanol–water partition coefficient (Wildman–Crippen LogP) is 4.19. The molecule has 2 atom stereocenters. The van der Waals surface area contributed by atoms with Gasteiger partial charge in [0, 0.05) is 16.1 Å². The normalized spacial score (nSPS) is 12.9. The second-order valence-corrected chi connectivity index (χ2v) is 6.80. The third kappa shape index (κ3) is 5.36. The van der Waals surface area contributed by atoms with E-state index in [-0.39, 0.29) is 17.7 Å². The molecule has 0 aliphatic rings. The van der Waals surface area contributed by atoms with Gasteiger partial charge in [-0.3, -0.25) is 9.59 Å². The quantitative estimate of drug-likeness (QED) is 0.731. The number of amides is 2. The molecule has 0 saturated heterocycles. The third-order valence-electron chi connectivity index (χ3n) is 4.16. The largest absolute Gasteiger partial charge is 0.340 e. The highest BCUT2D eigenvalue weighted by Crippen LogP contribution is 2.20. The molecule has 0 aliphatic carbocycles. The van der Waals surface area contributed by atoms with Crippen molar-refractivity contribution in [1.29, 1.82) is 0 Å². The van der Waals surface area contributed by atoms with E-state index >= 15 is 0 Å². The highest BCUT2D eigenvalue weighted by Gasteiger charge is 2.26.